The van der Waals surface area contributed by atoms with Crippen LogP contribution in [0.3, 0.4) is 0 Å². The third-order valence-corrected chi connectivity index (χ3v) is 11.0. The number of rotatable bonds is 6. The second kappa shape index (κ2) is 19.8. The molecule has 0 saturated heterocycles. The summed E-state index contributed by atoms with van der Waals surface area (Å²) in [6.45, 7) is 3.25. The minimum absolute atomic E-state index is 0. The van der Waals surface area contributed by atoms with Gasteiger partial charge in [-0.1, -0.05) is 182 Å². The molecule has 0 heterocycles. The van der Waals surface area contributed by atoms with Crippen LogP contribution in [0.4, 0.5) is 0 Å². The van der Waals surface area contributed by atoms with Gasteiger partial charge in [0.15, 0.2) is 0 Å². The molecule has 0 fully saturated rings. The van der Waals surface area contributed by atoms with Gasteiger partial charge in [0.2, 0.25) is 0 Å². The van der Waals surface area contributed by atoms with E-state index < -0.39 is 15.8 Å². The van der Waals surface area contributed by atoms with E-state index in [0.29, 0.717) is 0 Å². The number of hydrogen-bond acceptors (Lipinski definition) is 1. The number of halogens is 1. The molecule has 5 heteroatoms. The van der Waals surface area contributed by atoms with Crippen molar-refractivity contribution in [2.24, 2.45) is 0 Å². The molecule has 0 aliphatic heterocycles. The third-order valence-electron chi connectivity index (χ3n) is 6.09. The fourth-order valence-corrected chi connectivity index (χ4v) is 8.97. The van der Waals surface area contributed by atoms with Gasteiger partial charge in [-0.15, -0.1) is 12.4 Å². The molecule has 0 aromatic heterocycles. The van der Waals surface area contributed by atoms with Crippen LogP contribution >= 0.6 is 28.3 Å². The summed E-state index contributed by atoms with van der Waals surface area (Å²) >= 11 is 0. The van der Waals surface area contributed by atoms with E-state index in [4.69, 9.17) is 4.79 Å². The summed E-state index contributed by atoms with van der Waals surface area (Å²) in [6, 6.07) is 64.7. The fourth-order valence-electron chi connectivity index (χ4n) is 4.36. The van der Waals surface area contributed by atoms with Crippen LogP contribution in [0.15, 0.2) is 182 Å². The van der Waals surface area contributed by atoms with Gasteiger partial charge in [-0.3, -0.25) is 6.79 Å². The van der Waals surface area contributed by atoms with E-state index in [1.807, 2.05) is 0 Å². The minimum Gasteiger partial charge on any atom is -0.545 e. The molecule has 213 valence electrons. The van der Waals surface area contributed by atoms with Gasteiger partial charge in [-0.25, -0.2) is 0 Å². The van der Waals surface area contributed by atoms with Gasteiger partial charge in [-0.2, -0.15) is 0 Å². The second-order valence-corrected chi connectivity index (χ2v) is 13.1. The first kappa shape index (κ1) is 35.0. The summed E-state index contributed by atoms with van der Waals surface area (Å²) in [6.07, 6.45) is 0. The Bertz CT molecular complexity index is 1200. The van der Waals surface area contributed by atoms with Crippen molar-refractivity contribution in [3.63, 3.8) is 0 Å². The Morgan fingerprint density at radius 1 is 0.286 bits per heavy atom. The van der Waals surface area contributed by atoms with Gasteiger partial charge in [0.25, 0.3) is 0 Å². The van der Waals surface area contributed by atoms with Gasteiger partial charge >= 0.3 is 0 Å². The molecule has 0 spiro atoms. The molecule has 6 rings (SSSR count). The van der Waals surface area contributed by atoms with Gasteiger partial charge < -0.3 is 4.79 Å². The maximum Gasteiger partial charge on any atom is 0 e. The summed E-state index contributed by atoms with van der Waals surface area (Å²) in [7, 11) is -0.892. The van der Waals surface area contributed by atoms with Crippen LogP contribution in [-0.4, -0.2) is 6.79 Å². The van der Waals surface area contributed by atoms with E-state index in [9.17, 15) is 0 Å². The zero-order chi connectivity index (χ0) is 27.8. The average molecular weight is 782 g/mol. The molecule has 0 unspecified atom stereocenters. The van der Waals surface area contributed by atoms with Crippen LogP contribution < -0.4 is 31.8 Å². The molecule has 1 radical (unpaired) electrons. The Labute approximate surface area is 272 Å². The van der Waals surface area contributed by atoms with Crippen molar-refractivity contribution in [3.05, 3.63) is 182 Å². The first-order chi connectivity index (χ1) is 19.9. The van der Waals surface area contributed by atoms with E-state index >= 15 is 0 Å². The predicted molar refractivity (Wildman–Crippen MR) is 184 cm³/mol. The van der Waals surface area contributed by atoms with E-state index in [2.05, 4.69) is 189 Å². The molecule has 6 aromatic carbocycles. The molecule has 0 saturated carbocycles. The maximum atomic E-state index is 7.75. The normalized spacial score (nSPS) is 9.67. The minimum atomic E-state index is -0.446. The van der Waals surface area contributed by atoms with E-state index in [1.165, 1.54) is 31.8 Å². The largest absolute Gasteiger partial charge is 0.545 e. The molecule has 6 aromatic rings. The van der Waals surface area contributed by atoms with Crippen LogP contribution in [0.1, 0.15) is 0 Å². The summed E-state index contributed by atoms with van der Waals surface area (Å²) in [5.74, 6) is 0. The first-order valence-electron chi connectivity index (χ1n) is 13.0. The van der Waals surface area contributed by atoms with Crippen LogP contribution in [-0.2, 0) is 24.9 Å². The average Bonchev–Trinajstić information content (AvgIpc) is 3.06. The smallest absolute Gasteiger partial charge is 0 e. The third kappa shape index (κ3) is 9.96. The molecule has 0 N–H and O–H groups in total. The van der Waals surface area contributed by atoms with Gasteiger partial charge in [0.05, 0.1) is 0 Å². The van der Waals surface area contributed by atoms with Crippen molar-refractivity contribution >= 4 is 66.9 Å². The quantitative estimate of drug-likeness (QED) is 0.101. The molecule has 0 aliphatic rings. The van der Waals surface area contributed by atoms with Crippen LogP contribution in [0, 0.1) is 0 Å². The van der Waals surface area contributed by atoms with Crippen LogP contribution in [0.2, 0.25) is 0 Å². The van der Waals surface area contributed by atoms with Crippen molar-refractivity contribution in [1.82, 2.24) is 0 Å². The fraction of sp³-hybridized carbons (Fsp3) is 0. The van der Waals surface area contributed by atoms with Crippen molar-refractivity contribution in [3.8, 4) is 0 Å². The van der Waals surface area contributed by atoms with E-state index in [1.54, 1.807) is 0 Å². The van der Waals surface area contributed by atoms with Gasteiger partial charge in [0.1, 0.15) is 0 Å². The Morgan fingerprint density at radius 3 is 0.524 bits per heavy atom. The standard InChI is InChI=1S/2C18H15P.CHO.ClH.Ir/c2*1-4-10-16(11-5-1)19(17-12-6-2-7-13-17)18-14-8-3-9-15-18;1-2;;/h2*1-15H;1H;1H;/q;;-1;;. The Balaban J connectivity index is 0.000000265. The van der Waals surface area contributed by atoms with Crippen molar-refractivity contribution in [2.75, 3.05) is 0 Å². The molecular weight excluding hydrogens is 750 g/mol. The number of benzene rings is 6. The summed E-state index contributed by atoms with van der Waals surface area (Å²) in [5, 5.41) is 8.39. The Hall–Kier alpha value is -3.21. The first-order valence-corrected chi connectivity index (χ1v) is 15.7. The molecule has 0 bridgehead atoms. The topological polar surface area (TPSA) is 17.1 Å². The summed E-state index contributed by atoms with van der Waals surface area (Å²) in [5.41, 5.74) is 0. The predicted octanol–water partition coefficient (Wildman–Crippen LogP) is 7.03. The second-order valence-electron chi connectivity index (χ2n) is 8.68. The molecule has 42 heavy (non-hydrogen) atoms. The van der Waals surface area contributed by atoms with E-state index in [-0.39, 0.29) is 32.5 Å². The van der Waals surface area contributed by atoms with E-state index in [0.717, 1.165) is 0 Å². The SMILES string of the molecule is Cl.[CH-]=O.[Ir].c1ccc(P(c2ccccc2)c2ccccc2)cc1.c1ccc(P(c2ccccc2)c2ccccc2)cc1. The molecule has 0 atom stereocenters. The Kier molecular flexibility index (Phi) is 16.5. The van der Waals surface area contributed by atoms with Gasteiger partial charge in [-0.05, 0) is 47.7 Å². The van der Waals surface area contributed by atoms with Gasteiger partial charge in [0, 0.05) is 20.1 Å². The Morgan fingerprint density at radius 2 is 0.405 bits per heavy atom. The molecule has 0 aliphatic carbocycles. The molecule has 0 amide bonds. The molecular formula is C37H32ClIrOP2-. The zero-order valence-electron chi connectivity index (χ0n) is 22.9. The number of carbonyl (C=O) groups excluding carboxylic acids is 1. The zero-order valence-corrected chi connectivity index (χ0v) is 27.9. The van der Waals surface area contributed by atoms with Crippen molar-refractivity contribution in [2.45, 2.75) is 0 Å². The maximum absolute atomic E-state index is 7.75. The van der Waals surface area contributed by atoms with Crippen LogP contribution in [0.5, 0.6) is 0 Å². The molecule has 1 nitrogen and oxygen atoms in total. The van der Waals surface area contributed by atoms with Crippen molar-refractivity contribution < 1.29 is 24.9 Å². The van der Waals surface area contributed by atoms with Crippen molar-refractivity contribution in [1.29, 1.82) is 0 Å². The monoisotopic (exact) mass is 782 g/mol. The number of hydrogen-bond donors (Lipinski definition) is 0. The summed E-state index contributed by atoms with van der Waals surface area (Å²) < 4.78 is 0. The van der Waals surface area contributed by atoms with Crippen LogP contribution in [0.25, 0.3) is 0 Å². The summed E-state index contributed by atoms with van der Waals surface area (Å²) in [4.78, 5) is 7.75.